The van der Waals surface area contributed by atoms with Crippen molar-refractivity contribution >= 4 is 17.7 Å². The second-order valence-corrected chi connectivity index (χ2v) is 4.05. The summed E-state index contributed by atoms with van der Waals surface area (Å²) in [7, 11) is 0. The van der Waals surface area contributed by atoms with Crippen molar-refractivity contribution in [2.75, 3.05) is 0 Å². The van der Waals surface area contributed by atoms with Crippen molar-refractivity contribution in [2.24, 2.45) is 5.41 Å². The van der Waals surface area contributed by atoms with Crippen LogP contribution in [0.3, 0.4) is 0 Å². The molecule has 0 fully saturated rings. The second-order valence-electron chi connectivity index (χ2n) is 4.05. The van der Waals surface area contributed by atoms with Gasteiger partial charge in [0.05, 0.1) is 0 Å². The molecule has 0 atom stereocenters. The van der Waals surface area contributed by atoms with Gasteiger partial charge in [-0.05, 0) is 0 Å². The Labute approximate surface area is 72.6 Å². The average molecular weight is 128 g/mol. The van der Waals surface area contributed by atoms with Crippen LogP contribution in [0.2, 0.25) is 0 Å². The Morgan fingerprint density at radius 1 is 1.40 bits per heavy atom. The van der Waals surface area contributed by atoms with Crippen LogP contribution in [-0.4, -0.2) is 17.7 Å². The van der Waals surface area contributed by atoms with Gasteiger partial charge in [0.1, 0.15) is 0 Å². The third kappa shape index (κ3) is 1.57. The monoisotopic (exact) mass is 128 g/mol. The zero-order valence-electron chi connectivity index (χ0n) is 7.36. The Bertz CT molecular complexity index is 191. The third-order valence-electron chi connectivity index (χ3n) is 1.98. The van der Waals surface area contributed by atoms with Crippen LogP contribution in [0.15, 0.2) is 22.0 Å². The van der Waals surface area contributed by atoms with Gasteiger partial charge in [-0.1, -0.05) is 0 Å². The summed E-state index contributed by atoms with van der Waals surface area (Å²) in [6, 6.07) is 0. The van der Waals surface area contributed by atoms with E-state index in [1.54, 1.807) is 0 Å². The number of hydrogen-bond donors (Lipinski definition) is 0. The van der Waals surface area contributed by atoms with Crippen LogP contribution in [0, 0.1) is 5.41 Å². The van der Waals surface area contributed by atoms with Crippen molar-refractivity contribution in [2.45, 2.75) is 27.2 Å². The standard InChI is InChI=1S/C9H13.Li/c1-9(2,3)8-6-4-5-7-8;/h4,6H,5H2,1-3H3;. The maximum atomic E-state index is 2.27. The minimum absolute atomic E-state index is 0.344. The van der Waals surface area contributed by atoms with E-state index >= 15 is 0 Å². The first-order valence-electron chi connectivity index (χ1n) is 3.88. The van der Waals surface area contributed by atoms with Gasteiger partial charge in [-0.15, -0.1) is 0 Å². The molecular formula is C9H13Li. The molecule has 0 saturated heterocycles. The van der Waals surface area contributed by atoms with Crippen molar-refractivity contribution in [3.05, 3.63) is 22.0 Å². The molecule has 0 aromatic carbocycles. The van der Waals surface area contributed by atoms with Crippen LogP contribution in [0.4, 0.5) is 0 Å². The maximum absolute atomic E-state index is 2.27. The molecule has 0 spiro atoms. The van der Waals surface area contributed by atoms with Gasteiger partial charge in [0.25, 0.3) is 0 Å². The summed E-state index contributed by atoms with van der Waals surface area (Å²) in [6.07, 6.45) is 5.66. The van der Waals surface area contributed by atoms with Gasteiger partial charge in [0.15, 0.2) is 0 Å². The van der Waals surface area contributed by atoms with Crippen LogP contribution >= 0.6 is 0 Å². The van der Waals surface area contributed by atoms with E-state index in [2.05, 4.69) is 50.6 Å². The summed E-state index contributed by atoms with van der Waals surface area (Å²) in [5.74, 6) is 0. The van der Waals surface area contributed by atoms with Crippen LogP contribution in [0.5, 0.6) is 0 Å². The van der Waals surface area contributed by atoms with Gasteiger partial charge in [-0.25, -0.2) is 0 Å². The summed E-state index contributed by atoms with van der Waals surface area (Å²) in [4.78, 5) is 0. The molecule has 0 aromatic heterocycles. The Balaban J connectivity index is 2.91. The van der Waals surface area contributed by atoms with Gasteiger partial charge in [0.2, 0.25) is 0 Å². The molecule has 0 unspecified atom stereocenters. The molecule has 1 heteroatoms. The summed E-state index contributed by atoms with van der Waals surface area (Å²) >= 11 is 2.22. The van der Waals surface area contributed by atoms with Crippen LogP contribution in [0.25, 0.3) is 0 Å². The van der Waals surface area contributed by atoms with E-state index < -0.39 is 0 Å². The Hall–Kier alpha value is 0.0774. The van der Waals surface area contributed by atoms with Gasteiger partial charge in [-0.2, -0.15) is 0 Å². The fourth-order valence-electron chi connectivity index (χ4n) is 1.50. The van der Waals surface area contributed by atoms with E-state index in [4.69, 9.17) is 0 Å². The van der Waals surface area contributed by atoms with Crippen molar-refractivity contribution < 1.29 is 0 Å². The third-order valence-corrected chi connectivity index (χ3v) is 1.98. The first-order chi connectivity index (χ1) is 4.52. The molecule has 1 aliphatic rings. The van der Waals surface area contributed by atoms with Crippen molar-refractivity contribution in [3.8, 4) is 0 Å². The molecule has 0 heterocycles. The van der Waals surface area contributed by atoms with Crippen LogP contribution in [0.1, 0.15) is 27.2 Å². The Morgan fingerprint density at radius 3 is 2.20 bits per heavy atom. The quantitative estimate of drug-likeness (QED) is 0.439. The van der Waals surface area contributed by atoms with Crippen molar-refractivity contribution in [1.29, 1.82) is 0 Å². The molecular weight excluding hydrogens is 115 g/mol. The van der Waals surface area contributed by atoms with Crippen LogP contribution < -0.4 is 0 Å². The molecule has 50 valence electrons. The molecule has 0 N–H and O–H groups in total. The minimum atomic E-state index is 0.344. The predicted molar refractivity (Wildman–Crippen MR) is 46.0 cm³/mol. The molecule has 10 heavy (non-hydrogen) atoms. The SMILES string of the molecule is [Li][C]1=C(C(C)(C)C)C=CC1. The van der Waals surface area contributed by atoms with Gasteiger partial charge < -0.3 is 0 Å². The van der Waals surface area contributed by atoms with E-state index in [9.17, 15) is 0 Å². The Kier molecular flexibility index (Phi) is 2.13. The fraction of sp³-hybridized carbons (Fsp3) is 0.556. The molecule has 0 saturated carbocycles. The second kappa shape index (κ2) is 2.61. The molecule has 0 nitrogen and oxygen atoms in total. The zero-order chi connectivity index (χ0) is 7.78. The summed E-state index contributed by atoms with van der Waals surface area (Å²) in [5.41, 5.74) is 1.87. The van der Waals surface area contributed by atoms with E-state index in [1.807, 2.05) is 0 Å². The predicted octanol–water partition coefficient (Wildman–Crippen LogP) is 2.42. The summed E-state index contributed by atoms with van der Waals surface area (Å²) in [6.45, 7) is 6.80. The van der Waals surface area contributed by atoms with Gasteiger partial charge >= 0.3 is 72.3 Å². The van der Waals surface area contributed by atoms with E-state index in [0.717, 1.165) is 6.42 Å². The topological polar surface area (TPSA) is 0 Å². The molecule has 1 aliphatic carbocycles. The molecule has 0 radical (unpaired) electrons. The van der Waals surface area contributed by atoms with E-state index in [0.29, 0.717) is 5.41 Å². The van der Waals surface area contributed by atoms with E-state index in [1.165, 1.54) is 9.82 Å². The first kappa shape index (κ1) is 8.18. The van der Waals surface area contributed by atoms with Crippen molar-refractivity contribution in [1.82, 2.24) is 0 Å². The first-order valence-corrected chi connectivity index (χ1v) is 3.88. The zero-order valence-corrected chi connectivity index (χ0v) is 7.36. The number of allylic oxidation sites excluding steroid dienone is 4. The van der Waals surface area contributed by atoms with Crippen molar-refractivity contribution in [3.63, 3.8) is 0 Å². The average Bonchev–Trinajstić information content (AvgIpc) is 2.11. The molecule has 0 aliphatic heterocycles. The molecule has 1 rings (SSSR count). The number of rotatable bonds is 0. The van der Waals surface area contributed by atoms with Crippen LogP contribution in [-0.2, 0) is 0 Å². The molecule has 0 aromatic rings. The van der Waals surface area contributed by atoms with Gasteiger partial charge in [0, 0.05) is 0 Å². The summed E-state index contributed by atoms with van der Waals surface area (Å²) in [5, 5.41) is 0. The van der Waals surface area contributed by atoms with E-state index in [-0.39, 0.29) is 0 Å². The van der Waals surface area contributed by atoms with Gasteiger partial charge in [-0.3, -0.25) is 0 Å². The fourth-order valence-corrected chi connectivity index (χ4v) is 1.50. The summed E-state index contributed by atoms with van der Waals surface area (Å²) < 4.78 is 1.53. The molecule has 0 bridgehead atoms. The normalized spacial score (nSPS) is 18.9. The Morgan fingerprint density at radius 2 is 2.00 bits per heavy atom. The molecule has 0 amide bonds. The number of hydrogen-bond acceptors (Lipinski definition) is 0.